The van der Waals surface area contributed by atoms with Gasteiger partial charge in [-0.15, -0.1) is 0 Å². The van der Waals surface area contributed by atoms with E-state index in [9.17, 15) is 4.79 Å². The first-order chi connectivity index (χ1) is 9.20. The first-order valence-corrected chi connectivity index (χ1v) is 7.09. The number of carbonyl (C=O) groups is 1. The highest BCUT2D eigenvalue weighted by Crippen LogP contribution is 2.23. The molecule has 1 saturated carbocycles. The van der Waals surface area contributed by atoms with Gasteiger partial charge < -0.3 is 11.1 Å². The van der Waals surface area contributed by atoms with Crippen molar-refractivity contribution in [1.29, 1.82) is 0 Å². The monoisotopic (exact) mass is 261 g/mol. The third kappa shape index (κ3) is 3.70. The Morgan fingerprint density at radius 1 is 1.37 bits per heavy atom. The van der Waals surface area contributed by atoms with Gasteiger partial charge in [0.15, 0.2) is 0 Å². The summed E-state index contributed by atoms with van der Waals surface area (Å²) in [6.07, 6.45) is 5.01. The molecule has 2 rings (SSSR count). The molecule has 0 spiro atoms. The van der Waals surface area contributed by atoms with Crippen LogP contribution in [0.3, 0.4) is 0 Å². The number of carbonyl (C=O) groups excluding carboxylic acids is 1. The molecule has 104 valence electrons. The van der Waals surface area contributed by atoms with Crippen LogP contribution in [0.4, 0.5) is 11.4 Å². The molecule has 1 fully saturated rings. The Morgan fingerprint density at radius 3 is 2.68 bits per heavy atom. The highest BCUT2D eigenvalue weighted by Gasteiger charge is 2.23. The molecule has 1 aromatic carbocycles. The van der Waals surface area contributed by atoms with E-state index in [-0.39, 0.29) is 5.91 Å². The van der Waals surface area contributed by atoms with Gasteiger partial charge in [0.1, 0.15) is 0 Å². The summed E-state index contributed by atoms with van der Waals surface area (Å²) in [7, 11) is 0. The Labute approximate surface area is 115 Å². The van der Waals surface area contributed by atoms with Crippen molar-refractivity contribution in [2.24, 2.45) is 0 Å². The first kappa shape index (κ1) is 13.9. The van der Waals surface area contributed by atoms with Crippen LogP contribution in [-0.4, -0.2) is 29.9 Å². The molecule has 0 heterocycles. The lowest BCUT2D eigenvalue weighted by Gasteiger charge is -2.26. The standard InChI is InChI=1S/C15H23N3O/c1-2-18(12-7-3-4-8-12)11-15(19)17-14-10-6-5-9-13(14)16/h5-6,9-10,12H,2-4,7-8,11,16H2,1H3,(H,17,19). The summed E-state index contributed by atoms with van der Waals surface area (Å²) >= 11 is 0. The van der Waals surface area contributed by atoms with Crippen molar-refractivity contribution in [3.05, 3.63) is 24.3 Å². The zero-order valence-corrected chi connectivity index (χ0v) is 11.6. The molecule has 3 N–H and O–H groups in total. The van der Waals surface area contributed by atoms with E-state index in [1.54, 1.807) is 6.07 Å². The third-order valence-corrected chi connectivity index (χ3v) is 3.83. The Kier molecular flexibility index (Phi) is 4.80. The minimum atomic E-state index is 0.0200. The summed E-state index contributed by atoms with van der Waals surface area (Å²) in [5.74, 6) is 0.0200. The lowest BCUT2D eigenvalue weighted by atomic mass is 10.2. The molecule has 1 amide bonds. The number of hydrogen-bond acceptors (Lipinski definition) is 3. The SMILES string of the molecule is CCN(CC(=O)Nc1ccccc1N)C1CCCC1. The number of rotatable bonds is 5. The zero-order chi connectivity index (χ0) is 13.7. The zero-order valence-electron chi connectivity index (χ0n) is 11.6. The van der Waals surface area contributed by atoms with Crippen molar-refractivity contribution < 1.29 is 4.79 Å². The molecule has 0 aliphatic heterocycles. The molecule has 0 aromatic heterocycles. The molecule has 1 aromatic rings. The van der Waals surface area contributed by atoms with Gasteiger partial charge in [0.2, 0.25) is 5.91 Å². The summed E-state index contributed by atoms with van der Waals surface area (Å²) in [6, 6.07) is 7.94. The van der Waals surface area contributed by atoms with Crippen LogP contribution in [0.15, 0.2) is 24.3 Å². The van der Waals surface area contributed by atoms with Gasteiger partial charge >= 0.3 is 0 Å². The van der Waals surface area contributed by atoms with Gasteiger partial charge in [-0.25, -0.2) is 0 Å². The summed E-state index contributed by atoms with van der Waals surface area (Å²) in [4.78, 5) is 14.3. The molecule has 1 aliphatic rings. The molecule has 1 aliphatic carbocycles. The van der Waals surface area contributed by atoms with Crippen LogP contribution >= 0.6 is 0 Å². The first-order valence-electron chi connectivity index (χ1n) is 7.09. The number of hydrogen-bond donors (Lipinski definition) is 2. The average Bonchev–Trinajstić information content (AvgIpc) is 2.92. The average molecular weight is 261 g/mol. The maximum atomic E-state index is 12.1. The maximum Gasteiger partial charge on any atom is 0.238 e. The molecule has 0 unspecified atom stereocenters. The number of benzene rings is 1. The molecular weight excluding hydrogens is 238 g/mol. The second-order valence-electron chi connectivity index (χ2n) is 5.14. The Balaban J connectivity index is 1.91. The van der Waals surface area contributed by atoms with Crippen LogP contribution < -0.4 is 11.1 Å². The van der Waals surface area contributed by atoms with Crippen molar-refractivity contribution in [3.63, 3.8) is 0 Å². The Bertz CT molecular complexity index is 427. The molecular formula is C15H23N3O. The largest absolute Gasteiger partial charge is 0.397 e. The molecule has 19 heavy (non-hydrogen) atoms. The molecule has 0 saturated heterocycles. The predicted molar refractivity (Wildman–Crippen MR) is 79.0 cm³/mol. The Morgan fingerprint density at radius 2 is 2.05 bits per heavy atom. The summed E-state index contributed by atoms with van der Waals surface area (Å²) in [5, 5.41) is 2.89. The normalized spacial score (nSPS) is 15.9. The minimum Gasteiger partial charge on any atom is -0.397 e. The van der Waals surface area contributed by atoms with Crippen molar-refractivity contribution in [3.8, 4) is 0 Å². The van der Waals surface area contributed by atoms with Gasteiger partial charge in [0.05, 0.1) is 17.9 Å². The van der Waals surface area contributed by atoms with E-state index in [2.05, 4.69) is 17.1 Å². The van der Waals surface area contributed by atoms with Gasteiger partial charge in [0.25, 0.3) is 0 Å². The number of amides is 1. The van der Waals surface area contributed by atoms with Crippen LogP contribution in [0, 0.1) is 0 Å². The molecule has 0 atom stereocenters. The third-order valence-electron chi connectivity index (χ3n) is 3.83. The Hall–Kier alpha value is -1.55. The van der Waals surface area contributed by atoms with E-state index in [1.807, 2.05) is 18.2 Å². The van der Waals surface area contributed by atoms with Crippen LogP contribution in [0.25, 0.3) is 0 Å². The second-order valence-corrected chi connectivity index (χ2v) is 5.14. The lowest BCUT2D eigenvalue weighted by molar-refractivity contribution is -0.117. The summed E-state index contributed by atoms with van der Waals surface area (Å²) in [6.45, 7) is 3.49. The molecule has 0 bridgehead atoms. The summed E-state index contributed by atoms with van der Waals surface area (Å²) in [5.41, 5.74) is 7.14. The maximum absolute atomic E-state index is 12.1. The van der Waals surface area contributed by atoms with E-state index in [0.717, 1.165) is 6.54 Å². The van der Waals surface area contributed by atoms with Gasteiger partial charge in [-0.1, -0.05) is 31.9 Å². The number of likely N-dealkylation sites (N-methyl/N-ethyl adjacent to an activating group) is 1. The molecule has 4 heteroatoms. The number of anilines is 2. The van der Waals surface area contributed by atoms with Crippen LogP contribution in [0.5, 0.6) is 0 Å². The van der Waals surface area contributed by atoms with E-state index >= 15 is 0 Å². The fraction of sp³-hybridized carbons (Fsp3) is 0.533. The molecule has 4 nitrogen and oxygen atoms in total. The van der Waals surface area contributed by atoms with Gasteiger partial charge in [-0.3, -0.25) is 9.69 Å². The van der Waals surface area contributed by atoms with Crippen LogP contribution in [0.2, 0.25) is 0 Å². The number of nitrogens with one attached hydrogen (secondary N) is 1. The number of para-hydroxylation sites is 2. The van der Waals surface area contributed by atoms with E-state index in [1.165, 1.54) is 25.7 Å². The van der Waals surface area contributed by atoms with E-state index in [4.69, 9.17) is 5.73 Å². The van der Waals surface area contributed by atoms with Crippen LogP contribution in [0.1, 0.15) is 32.6 Å². The number of nitrogen functional groups attached to an aromatic ring is 1. The summed E-state index contributed by atoms with van der Waals surface area (Å²) < 4.78 is 0. The highest BCUT2D eigenvalue weighted by atomic mass is 16.2. The van der Waals surface area contributed by atoms with Crippen LogP contribution in [-0.2, 0) is 4.79 Å². The second kappa shape index (κ2) is 6.57. The fourth-order valence-electron chi connectivity index (χ4n) is 2.75. The van der Waals surface area contributed by atoms with Crippen molar-refractivity contribution in [1.82, 2.24) is 4.90 Å². The topological polar surface area (TPSA) is 58.4 Å². The van der Waals surface area contributed by atoms with Gasteiger partial charge in [0, 0.05) is 6.04 Å². The highest BCUT2D eigenvalue weighted by molar-refractivity contribution is 5.95. The number of nitrogens with zero attached hydrogens (tertiary/aromatic N) is 1. The smallest absolute Gasteiger partial charge is 0.238 e. The lowest BCUT2D eigenvalue weighted by Crippen LogP contribution is -2.39. The van der Waals surface area contributed by atoms with E-state index in [0.29, 0.717) is 24.0 Å². The number of nitrogens with two attached hydrogens (primary N) is 1. The quantitative estimate of drug-likeness (QED) is 0.801. The predicted octanol–water partition coefficient (Wildman–Crippen LogP) is 2.47. The van der Waals surface area contributed by atoms with Crippen molar-refractivity contribution in [2.45, 2.75) is 38.6 Å². The van der Waals surface area contributed by atoms with E-state index < -0.39 is 0 Å². The van der Waals surface area contributed by atoms with Gasteiger partial charge in [-0.2, -0.15) is 0 Å². The van der Waals surface area contributed by atoms with Crippen molar-refractivity contribution in [2.75, 3.05) is 24.1 Å². The minimum absolute atomic E-state index is 0.0200. The fourth-order valence-corrected chi connectivity index (χ4v) is 2.75. The molecule has 0 radical (unpaired) electrons. The van der Waals surface area contributed by atoms with Gasteiger partial charge in [-0.05, 0) is 31.5 Å². The van der Waals surface area contributed by atoms with Crippen molar-refractivity contribution >= 4 is 17.3 Å².